The molecule has 3 N–H and O–H groups in total. The van der Waals surface area contributed by atoms with Crippen LogP contribution in [0.15, 0.2) is 194 Å². The fraction of sp³-hybridized carbons (Fsp3) is 0.604. The van der Waals surface area contributed by atoms with E-state index in [9.17, 15) is 43.2 Å². The first-order valence-corrected chi connectivity index (χ1v) is 44.7. The molecule has 0 aromatic carbocycles. The maximum atomic E-state index is 13.1. The predicted molar refractivity (Wildman–Crippen MR) is 454 cm³/mol. The molecule has 0 spiro atoms. The van der Waals surface area contributed by atoms with Gasteiger partial charge < -0.3 is 33.8 Å². The molecule has 622 valence electrons. The number of unbranched alkanes of at least 4 members (excludes halogenated alkanes) is 18. The molecule has 0 aromatic rings. The molecule has 0 aliphatic carbocycles. The van der Waals surface area contributed by atoms with Gasteiger partial charge in [0.25, 0.3) is 0 Å². The summed E-state index contributed by atoms with van der Waals surface area (Å²) in [5.41, 5.74) is 0. The van der Waals surface area contributed by atoms with Gasteiger partial charge in [-0.2, -0.15) is 0 Å². The van der Waals surface area contributed by atoms with Gasteiger partial charge in [0.1, 0.15) is 19.3 Å². The molecule has 0 saturated carbocycles. The lowest BCUT2D eigenvalue weighted by atomic mass is 10.0. The Morgan fingerprint density at radius 1 is 0.264 bits per heavy atom. The summed E-state index contributed by atoms with van der Waals surface area (Å²) in [7, 11) is -10.0. The summed E-state index contributed by atoms with van der Waals surface area (Å²) in [6.07, 6.45) is 100. The highest BCUT2D eigenvalue weighted by molar-refractivity contribution is 7.47. The quantitative estimate of drug-likeness (QED) is 0.0169. The third kappa shape index (κ3) is 80.0. The third-order valence-corrected chi connectivity index (χ3v) is 18.5. The average molecular weight is 1570 g/mol. The molecule has 110 heavy (non-hydrogen) atoms. The van der Waals surface area contributed by atoms with Crippen LogP contribution in [0, 0.1) is 0 Å². The highest BCUT2D eigenvalue weighted by atomic mass is 31.2. The molecule has 0 fully saturated rings. The maximum absolute atomic E-state index is 13.1. The molecule has 0 saturated heterocycles. The summed E-state index contributed by atoms with van der Waals surface area (Å²) >= 11 is 0. The second-order valence-corrected chi connectivity index (χ2v) is 29.9. The Kier molecular flexibility index (Phi) is 76.4. The van der Waals surface area contributed by atoms with E-state index in [0.29, 0.717) is 38.5 Å². The van der Waals surface area contributed by atoms with Crippen LogP contribution in [0.3, 0.4) is 0 Å². The zero-order valence-electron chi connectivity index (χ0n) is 68.1. The number of hydrogen-bond donors (Lipinski definition) is 3. The van der Waals surface area contributed by atoms with Crippen LogP contribution in [0.5, 0.6) is 0 Å². The lowest BCUT2D eigenvalue weighted by Gasteiger charge is -2.21. The minimum Gasteiger partial charge on any atom is -0.462 e. The average Bonchev–Trinajstić information content (AvgIpc) is 0.910. The topological polar surface area (TPSA) is 237 Å². The SMILES string of the molecule is CC/C=C\C/C=C\C/C=C\C/C=C\C/C=C\C/C=C\CCC(=O)O[C@H](COC(=O)CC/C=C\C/C=C\C/C=C\C/C=C\C/C=C\CCCCC)COP(=O)(O)OC[C@H](O)COP(=O)(O)OC[C@@H](COC(=O)CCCCC/C=C\C/C=C\C/C=C\C/C=C\C/C=C\CC)OC(=O)CCCCCCCCCCCCCCC. The molecule has 0 aromatic heterocycles. The van der Waals surface area contributed by atoms with E-state index in [1.807, 2.05) is 36.5 Å². The molecule has 0 aliphatic rings. The van der Waals surface area contributed by atoms with Crippen molar-refractivity contribution in [3.63, 3.8) is 0 Å². The predicted octanol–water partition coefficient (Wildman–Crippen LogP) is 24.9. The minimum absolute atomic E-state index is 0.0143. The number of ether oxygens (including phenoxy) is 4. The molecule has 19 heteroatoms. The Morgan fingerprint density at radius 2 is 0.491 bits per heavy atom. The number of aliphatic hydroxyl groups excluding tert-OH is 1. The van der Waals surface area contributed by atoms with Gasteiger partial charge in [-0.05, 0) is 148 Å². The number of aliphatic hydroxyl groups is 1. The molecule has 0 amide bonds. The van der Waals surface area contributed by atoms with Crippen molar-refractivity contribution in [2.75, 3.05) is 39.6 Å². The Morgan fingerprint density at radius 3 is 0.818 bits per heavy atom. The number of hydrogen-bond acceptors (Lipinski definition) is 15. The Labute approximate surface area is 666 Å². The first-order valence-electron chi connectivity index (χ1n) is 41.7. The van der Waals surface area contributed by atoms with Crippen LogP contribution in [0.25, 0.3) is 0 Å². The fourth-order valence-electron chi connectivity index (χ4n) is 10.3. The monoisotopic (exact) mass is 1570 g/mol. The van der Waals surface area contributed by atoms with Gasteiger partial charge in [-0.3, -0.25) is 37.3 Å². The van der Waals surface area contributed by atoms with Crippen molar-refractivity contribution in [2.45, 2.75) is 316 Å². The van der Waals surface area contributed by atoms with E-state index in [1.165, 1.54) is 70.6 Å². The van der Waals surface area contributed by atoms with Crippen LogP contribution in [0.4, 0.5) is 0 Å². The van der Waals surface area contributed by atoms with Crippen LogP contribution in [0.2, 0.25) is 0 Å². The first-order chi connectivity index (χ1) is 53.7. The van der Waals surface area contributed by atoms with Crippen molar-refractivity contribution in [3.8, 4) is 0 Å². The molecule has 5 atom stereocenters. The Balaban J connectivity index is 5.54. The molecule has 0 aliphatic heterocycles. The zero-order chi connectivity index (χ0) is 80.3. The molecule has 2 unspecified atom stereocenters. The second kappa shape index (κ2) is 80.9. The Hall–Kier alpha value is -6.10. The highest BCUT2D eigenvalue weighted by Crippen LogP contribution is 2.45. The van der Waals surface area contributed by atoms with Gasteiger partial charge in [-0.15, -0.1) is 0 Å². The maximum Gasteiger partial charge on any atom is 0.472 e. The number of esters is 4. The van der Waals surface area contributed by atoms with Crippen molar-refractivity contribution in [1.29, 1.82) is 0 Å². The molecule has 17 nitrogen and oxygen atoms in total. The summed E-state index contributed by atoms with van der Waals surface area (Å²) in [5.74, 6) is -2.42. The van der Waals surface area contributed by atoms with Crippen LogP contribution in [0.1, 0.15) is 297 Å². The number of phosphoric acid groups is 2. The molecule has 0 rings (SSSR count). The normalized spacial score (nSPS) is 14.8. The standard InChI is InChI=1S/C91H146O17P2/c1-5-9-13-17-21-25-29-33-36-39-42-45-48-52-55-59-63-67-71-75-88(93)101-81-86(107-90(95)77-73-69-65-61-57-51-32-28-24-20-16-12-8-4)83-105-109(97,98)103-79-85(92)80-104-110(99,100)106-84-87(108-91(96)78-74-70-66-62-58-54-50-47-44-41-38-35-31-27-23-19-15-11-7-3)82-102-89(94)76-72-68-64-60-56-53-49-46-43-40-37-34-30-26-22-18-14-10-6-2/h9,11,13,15,21-23,25-27,33-38,42-47,52-56,58,64,66,68,70,85-87,92H,5-8,10,12,14,16-20,24,28-32,39-41,48-51,57,59-63,65,67,69,71-84H2,1-4H3,(H,97,98)(H,99,100)/b13-9-,15-11-,25-21-,26-22-,27-23-,36-33-,37-34-,38-35-,45-42-,46-43-,47-44-,55-52-,56-53-,58-54-,68-64-,70-66-/t85-,86-,87-/m1/s1. The molecule has 0 bridgehead atoms. The first kappa shape index (κ1) is 104. The van der Waals surface area contributed by atoms with Crippen LogP contribution < -0.4 is 0 Å². The van der Waals surface area contributed by atoms with E-state index >= 15 is 0 Å². The van der Waals surface area contributed by atoms with Crippen LogP contribution in [-0.4, -0.2) is 96.7 Å². The van der Waals surface area contributed by atoms with Gasteiger partial charge in [0.15, 0.2) is 12.2 Å². The summed E-state index contributed by atoms with van der Waals surface area (Å²) in [5, 5.41) is 10.7. The smallest absolute Gasteiger partial charge is 0.462 e. The van der Waals surface area contributed by atoms with E-state index in [4.69, 9.17) is 37.0 Å². The van der Waals surface area contributed by atoms with Crippen molar-refractivity contribution in [3.05, 3.63) is 194 Å². The lowest BCUT2D eigenvalue weighted by Crippen LogP contribution is -2.30. The van der Waals surface area contributed by atoms with Crippen LogP contribution in [-0.2, 0) is 65.4 Å². The zero-order valence-corrected chi connectivity index (χ0v) is 69.9. The number of phosphoric ester groups is 2. The van der Waals surface area contributed by atoms with E-state index < -0.39 is 97.5 Å². The van der Waals surface area contributed by atoms with Gasteiger partial charge in [0.05, 0.1) is 26.4 Å². The minimum atomic E-state index is -5.03. The van der Waals surface area contributed by atoms with Crippen molar-refractivity contribution in [1.82, 2.24) is 0 Å². The second-order valence-electron chi connectivity index (χ2n) is 27.0. The van der Waals surface area contributed by atoms with Gasteiger partial charge in [-0.1, -0.05) is 318 Å². The molecule has 0 radical (unpaired) electrons. The third-order valence-electron chi connectivity index (χ3n) is 16.6. The van der Waals surface area contributed by atoms with Crippen molar-refractivity contribution < 1.29 is 80.2 Å². The Bertz CT molecular complexity index is 2850. The van der Waals surface area contributed by atoms with E-state index in [-0.39, 0.29) is 25.7 Å². The number of carbonyl (C=O) groups excluding carboxylic acids is 4. The summed E-state index contributed by atoms with van der Waals surface area (Å²) in [6.45, 7) is 4.40. The largest absolute Gasteiger partial charge is 0.472 e. The van der Waals surface area contributed by atoms with Gasteiger partial charge in [-0.25, -0.2) is 9.13 Å². The van der Waals surface area contributed by atoms with E-state index in [2.05, 4.69) is 186 Å². The lowest BCUT2D eigenvalue weighted by molar-refractivity contribution is -0.161. The van der Waals surface area contributed by atoms with Gasteiger partial charge >= 0.3 is 39.5 Å². The molecular weight excluding hydrogens is 1430 g/mol. The molecular formula is C91H146O17P2. The molecule has 0 heterocycles. The van der Waals surface area contributed by atoms with Gasteiger partial charge in [0.2, 0.25) is 0 Å². The summed E-state index contributed by atoms with van der Waals surface area (Å²) in [6, 6.07) is 0. The fourth-order valence-corrected chi connectivity index (χ4v) is 11.9. The number of rotatable bonds is 76. The highest BCUT2D eigenvalue weighted by Gasteiger charge is 2.30. The van der Waals surface area contributed by atoms with E-state index in [0.717, 1.165) is 135 Å². The van der Waals surface area contributed by atoms with Gasteiger partial charge in [0, 0.05) is 25.7 Å². The summed E-state index contributed by atoms with van der Waals surface area (Å²) < 4.78 is 68.5. The van der Waals surface area contributed by atoms with Crippen molar-refractivity contribution >= 4 is 39.5 Å². The number of carbonyl (C=O) groups is 4. The van der Waals surface area contributed by atoms with Crippen LogP contribution >= 0.6 is 15.6 Å². The van der Waals surface area contributed by atoms with Crippen molar-refractivity contribution in [2.24, 2.45) is 0 Å². The number of allylic oxidation sites excluding steroid dienone is 32. The summed E-state index contributed by atoms with van der Waals surface area (Å²) in [4.78, 5) is 73.1. The van der Waals surface area contributed by atoms with E-state index in [1.54, 1.807) is 0 Å².